The summed E-state index contributed by atoms with van der Waals surface area (Å²) in [7, 11) is 3.12. The predicted octanol–water partition coefficient (Wildman–Crippen LogP) is 2.03. The maximum Gasteiger partial charge on any atom is 0.253 e. The molecule has 0 radical (unpaired) electrons. The second-order valence-corrected chi connectivity index (χ2v) is 5.32. The zero-order valence-electron chi connectivity index (χ0n) is 11.5. The molecule has 0 saturated carbocycles. The topological polar surface area (TPSA) is 59.0 Å². The number of aliphatic hydroxyl groups is 1. The van der Waals surface area contributed by atoms with Crippen molar-refractivity contribution in [3.63, 3.8) is 0 Å². The van der Waals surface area contributed by atoms with E-state index in [-0.39, 0.29) is 5.91 Å². The average molecular weight is 342 g/mol. The van der Waals surface area contributed by atoms with Gasteiger partial charge in [0.15, 0.2) is 17.7 Å². The van der Waals surface area contributed by atoms with E-state index in [4.69, 9.17) is 9.47 Å². The average Bonchev–Trinajstić information content (AvgIpc) is 2.65. The Labute approximate surface area is 125 Å². The molecule has 1 N–H and O–H groups in total. The van der Waals surface area contributed by atoms with E-state index in [9.17, 15) is 9.90 Å². The van der Waals surface area contributed by atoms with Crippen LogP contribution in [0.25, 0.3) is 0 Å². The maximum absolute atomic E-state index is 12.0. The van der Waals surface area contributed by atoms with E-state index < -0.39 is 6.23 Å². The molecule has 20 heavy (non-hydrogen) atoms. The highest BCUT2D eigenvalue weighted by Crippen LogP contribution is 2.32. The number of ether oxygens (including phenoxy) is 2. The molecule has 0 fully saturated rings. The number of hydrogen-bond acceptors (Lipinski definition) is 4. The van der Waals surface area contributed by atoms with E-state index >= 15 is 0 Å². The van der Waals surface area contributed by atoms with Crippen LogP contribution in [-0.4, -0.2) is 36.4 Å². The molecule has 1 aromatic carbocycles. The van der Waals surface area contributed by atoms with Crippen LogP contribution < -0.4 is 9.47 Å². The lowest BCUT2D eigenvalue weighted by Crippen LogP contribution is -2.34. The van der Waals surface area contributed by atoms with Crippen LogP contribution in [0.1, 0.15) is 12.5 Å². The molecule has 5 nitrogen and oxygen atoms in total. The highest BCUT2D eigenvalue weighted by molar-refractivity contribution is 9.11. The van der Waals surface area contributed by atoms with Crippen molar-refractivity contribution in [3.05, 3.63) is 33.8 Å². The molecular weight excluding hydrogens is 326 g/mol. The molecule has 0 unspecified atom stereocenters. The van der Waals surface area contributed by atoms with Gasteiger partial charge in [0.2, 0.25) is 0 Å². The Morgan fingerprint density at radius 1 is 1.30 bits per heavy atom. The van der Waals surface area contributed by atoms with E-state index in [2.05, 4.69) is 15.9 Å². The minimum Gasteiger partial charge on any atom is -0.493 e. The van der Waals surface area contributed by atoms with Crippen LogP contribution in [0.15, 0.2) is 28.3 Å². The van der Waals surface area contributed by atoms with Crippen LogP contribution in [0.5, 0.6) is 11.5 Å². The SMILES string of the molecule is COc1ccc(CN2C(=O)C(C)=C(Br)[C@H]2O)cc1OC. The number of carbonyl (C=O) groups excluding carboxylic acids is 1. The second-order valence-electron chi connectivity index (χ2n) is 4.47. The molecule has 1 atom stereocenters. The summed E-state index contributed by atoms with van der Waals surface area (Å²) >= 11 is 3.24. The first-order valence-corrected chi connectivity index (χ1v) is 6.85. The number of carbonyl (C=O) groups is 1. The Balaban J connectivity index is 2.22. The summed E-state index contributed by atoms with van der Waals surface area (Å²) in [6, 6.07) is 5.40. The molecule has 1 aliphatic heterocycles. The fourth-order valence-electron chi connectivity index (χ4n) is 2.09. The molecule has 6 heteroatoms. The fourth-order valence-corrected chi connectivity index (χ4v) is 2.51. The van der Waals surface area contributed by atoms with Gasteiger partial charge < -0.3 is 19.5 Å². The molecular formula is C14H16BrNO4. The maximum atomic E-state index is 12.0. The molecule has 0 bridgehead atoms. The largest absolute Gasteiger partial charge is 0.493 e. The van der Waals surface area contributed by atoms with E-state index in [0.717, 1.165) is 5.56 Å². The monoisotopic (exact) mass is 341 g/mol. The van der Waals surface area contributed by atoms with Crippen molar-refractivity contribution in [2.75, 3.05) is 14.2 Å². The quantitative estimate of drug-likeness (QED) is 0.910. The standard InChI is InChI=1S/C14H16BrNO4/c1-8-12(15)14(18)16(13(8)17)7-9-4-5-10(19-2)11(6-9)20-3/h4-6,14,18H,7H2,1-3H3/t14-/m1/s1. The summed E-state index contributed by atoms with van der Waals surface area (Å²) in [6.07, 6.45) is -0.935. The number of amides is 1. The fraction of sp³-hybridized carbons (Fsp3) is 0.357. The van der Waals surface area contributed by atoms with Gasteiger partial charge in [-0.15, -0.1) is 0 Å². The van der Waals surface area contributed by atoms with Crippen LogP contribution in [0.2, 0.25) is 0 Å². The van der Waals surface area contributed by atoms with Crippen LogP contribution in [-0.2, 0) is 11.3 Å². The van der Waals surface area contributed by atoms with Gasteiger partial charge in [-0.2, -0.15) is 0 Å². The Kier molecular flexibility index (Phi) is 4.35. The van der Waals surface area contributed by atoms with Crippen molar-refractivity contribution in [1.82, 2.24) is 4.90 Å². The Morgan fingerprint density at radius 3 is 2.45 bits per heavy atom. The number of rotatable bonds is 4. The summed E-state index contributed by atoms with van der Waals surface area (Å²) in [5, 5.41) is 10.0. The van der Waals surface area contributed by atoms with Crippen molar-refractivity contribution in [1.29, 1.82) is 0 Å². The van der Waals surface area contributed by atoms with Gasteiger partial charge in [0.25, 0.3) is 5.91 Å². The zero-order chi connectivity index (χ0) is 14.9. The third kappa shape index (κ3) is 2.53. The van der Waals surface area contributed by atoms with Crippen molar-refractivity contribution in [3.8, 4) is 11.5 Å². The highest BCUT2D eigenvalue weighted by atomic mass is 79.9. The first-order chi connectivity index (χ1) is 9.49. The smallest absolute Gasteiger partial charge is 0.253 e. The first kappa shape index (κ1) is 14.9. The molecule has 0 aromatic heterocycles. The van der Waals surface area contributed by atoms with Crippen LogP contribution in [0.4, 0.5) is 0 Å². The summed E-state index contributed by atoms with van der Waals surface area (Å²) in [5.41, 5.74) is 1.38. The Bertz CT molecular complexity index is 570. The number of hydrogen-bond donors (Lipinski definition) is 1. The number of halogens is 1. The summed E-state index contributed by atoms with van der Waals surface area (Å²) in [5.74, 6) is 1.04. The van der Waals surface area contributed by atoms with Crippen molar-refractivity contribution < 1.29 is 19.4 Å². The van der Waals surface area contributed by atoms with Gasteiger partial charge >= 0.3 is 0 Å². The van der Waals surface area contributed by atoms with Gasteiger partial charge in [-0.25, -0.2) is 0 Å². The molecule has 1 amide bonds. The minimum absolute atomic E-state index is 0.181. The molecule has 0 aliphatic carbocycles. The van der Waals surface area contributed by atoms with Gasteiger partial charge in [-0.05, 0) is 24.6 Å². The van der Waals surface area contributed by atoms with Crippen molar-refractivity contribution in [2.45, 2.75) is 19.7 Å². The van der Waals surface area contributed by atoms with Crippen LogP contribution in [0, 0.1) is 0 Å². The first-order valence-electron chi connectivity index (χ1n) is 6.05. The van der Waals surface area contributed by atoms with E-state index in [1.54, 1.807) is 33.3 Å². The molecule has 1 heterocycles. The molecule has 108 valence electrons. The summed E-state index contributed by atoms with van der Waals surface area (Å²) < 4.78 is 10.9. The number of nitrogens with zero attached hydrogens (tertiary/aromatic N) is 1. The van der Waals surface area contributed by atoms with Gasteiger partial charge in [-0.1, -0.05) is 22.0 Å². The Morgan fingerprint density at radius 2 is 1.95 bits per heavy atom. The number of aliphatic hydroxyl groups excluding tert-OH is 1. The summed E-state index contributed by atoms with van der Waals surface area (Å²) in [6.45, 7) is 1.98. The van der Waals surface area contributed by atoms with Gasteiger partial charge in [0.05, 0.1) is 18.7 Å². The minimum atomic E-state index is -0.935. The zero-order valence-corrected chi connectivity index (χ0v) is 13.1. The second kappa shape index (κ2) is 5.85. The third-order valence-electron chi connectivity index (χ3n) is 3.26. The van der Waals surface area contributed by atoms with Crippen molar-refractivity contribution >= 4 is 21.8 Å². The number of benzene rings is 1. The summed E-state index contributed by atoms with van der Waals surface area (Å²) in [4.78, 5) is 13.4. The highest BCUT2D eigenvalue weighted by Gasteiger charge is 2.34. The molecule has 2 rings (SSSR count). The normalized spacial score (nSPS) is 18.8. The van der Waals surface area contributed by atoms with Crippen molar-refractivity contribution in [2.24, 2.45) is 0 Å². The van der Waals surface area contributed by atoms with E-state index in [1.807, 2.05) is 6.07 Å². The molecule has 0 saturated heterocycles. The molecule has 1 aromatic rings. The van der Waals surface area contributed by atoms with Gasteiger partial charge in [0, 0.05) is 12.1 Å². The van der Waals surface area contributed by atoms with Gasteiger partial charge in [0.1, 0.15) is 0 Å². The predicted molar refractivity (Wildman–Crippen MR) is 77.7 cm³/mol. The van der Waals surface area contributed by atoms with E-state index in [0.29, 0.717) is 28.1 Å². The van der Waals surface area contributed by atoms with Crippen LogP contribution in [0.3, 0.4) is 0 Å². The lowest BCUT2D eigenvalue weighted by atomic mass is 10.2. The lowest BCUT2D eigenvalue weighted by Gasteiger charge is -2.22. The number of methoxy groups -OCH3 is 2. The Hall–Kier alpha value is -1.53. The molecule has 0 spiro atoms. The van der Waals surface area contributed by atoms with Crippen LogP contribution >= 0.6 is 15.9 Å². The lowest BCUT2D eigenvalue weighted by molar-refractivity contribution is -0.132. The third-order valence-corrected chi connectivity index (χ3v) is 4.27. The van der Waals surface area contributed by atoms with E-state index in [1.165, 1.54) is 4.90 Å². The molecule has 1 aliphatic rings. The van der Waals surface area contributed by atoms with Gasteiger partial charge in [-0.3, -0.25) is 4.79 Å².